The molecule has 3 rings (SSSR count). The van der Waals surface area contributed by atoms with Crippen molar-refractivity contribution in [3.63, 3.8) is 0 Å². The van der Waals surface area contributed by atoms with Gasteiger partial charge in [-0.3, -0.25) is 4.90 Å². The summed E-state index contributed by atoms with van der Waals surface area (Å²) in [6.07, 6.45) is 0. The monoisotopic (exact) mass is 390 g/mol. The summed E-state index contributed by atoms with van der Waals surface area (Å²) in [5.41, 5.74) is 0.943. The van der Waals surface area contributed by atoms with E-state index in [1.54, 1.807) is 24.3 Å². The fourth-order valence-electron chi connectivity index (χ4n) is 3.08. The van der Waals surface area contributed by atoms with Crippen molar-refractivity contribution >= 4 is 10.0 Å². The highest BCUT2D eigenvalue weighted by Crippen LogP contribution is 2.21. The van der Waals surface area contributed by atoms with Crippen LogP contribution in [0.4, 0.5) is 0 Å². The first-order valence-corrected chi connectivity index (χ1v) is 10.7. The minimum atomic E-state index is -3.65. The van der Waals surface area contributed by atoms with Gasteiger partial charge < -0.3 is 9.47 Å². The summed E-state index contributed by atoms with van der Waals surface area (Å²) in [5.74, 6) is 0.657. The predicted molar refractivity (Wildman–Crippen MR) is 104 cm³/mol. The SMILES string of the molecule is CCOc1ccc(S(=O)(=O)N[C@@H](CN2CCOCC2)c2ccccc2)cc1. The highest BCUT2D eigenvalue weighted by atomic mass is 32.2. The summed E-state index contributed by atoms with van der Waals surface area (Å²) < 4.78 is 39.5. The maximum Gasteiger partial charge on any atom is 0.241 e. The molecular weight excluding hydrogens is 364 g/mol. The summed E-state index contributed by atoms with van der Waals surface area (Å²) >= 11 is 0. The lowest BCUT2D eigenvalue weighted by molar-refractivity contribution is 0.0345. The second-order valence-corrected chi connectivity index (χ2v) is 8.12. The standard InChI is InChI=1S/C20H26N2O4S/c1-2-26-18-8-10-19(11-9-18)27(23,24)21-20(17-6-4-3-5-7-17)16-22-12-14-25-15-13-22/h3-11,20-21H,2,12-16H2,1H3/t20-/m0/s1. The first kappa shape index (κ1) is 19.8. The molecule has 2 aromatic carbocycles. The molecule has 0 unspecified atom stereocenters. The van der Waals surface area contributed by atoms with E-state index in [-0.39, 0.29) is 10.9 Å². The van der Waals surface area contributed by atoms with Crippen molar-refractivity contribution in [1.82, 2.24) is 9.62 Å². The van der Waals surface area contributed by atoms with Gasteiger partial charge in [0, 0.05) is 19.6 Å². The largest absolute Gasteiger partial charge is 0.494 e. The van der Waals surface area contributed by atoms with E-state index in [4.69, 9.17) is 9.47 Å². The fraction of sp³-hybridized carbons (Fsp3) is 0.400. The Hall–Kier alpha value is -1.93. The van der Waals surface area contributed by atoms with Gasteiger partial charge in [-0.25, -0.2) is 13.1 Å². The Bertz CT molecular complexity index is 804. The van der Waals surface area contributed by atoms with E-state index in [2.05, 4.69) is 9.62 Å². The van der Waals surface area contributed by atoms with Gasteiger partial charge >= 0.3 is 0 Å². The lowest BCUT2D eigenvalue weighted by Crippen LogP contribution is -2.43. The highest BCUT2D eigenvalue weighted by Gasteiger charge is 2.24. The number of nitrogens with one attached hydrogen (secondary N) is 1. The number of hydrogen-bond acceptors (Lipinski definition) is 5. The topological polar surface area (TPSA) is 67.9 Å². The first-order valence-electron chi connectivity index (χ1n) is 9.19. The molecule has 146 valence electrons. The van der Waals surface area contributed by atoms with Crippen LogP contribution in [0.15, 0.2) is 59.5 Å². The van der Waals surface area contributed by atoms with Crippen LogP contribution >= 0.6 is 0 Å². The fourth-order valence-corrected chi connectivity index (χ4v) is 4.29. The second-order valence-electron chi connectivity index (χ2n) is 6.40. The molecule has 0 aromatic heterocycles. The van der Waals surface area contributed by atoms with Crippen LogP contribution in [0.2, 0.25) is 0 Å². The lowest BCUT2D eigenvalue weighted by atomic mass is 10.1. The van der Waals surface area contributed by atoms with Crippen LogP contribution in [0.5, 0.6) is 5.75 Å². The van der Waals surface area contributed by atoms with Gasteiger partial charge in [0.25, 0.3) is 0 Å². The van der Waals surface area contributed by atoms with E-state index in [0.29, 0.717) is 32.1 Å². The molecule has 0 amide bonds. The van der Waals surface area contributed by atoms with E-state index in [9.17, 15) is 8.42 Å². The van der Waals surface area contributed by atoms with Crippen LogP contribution in [0.3, 0.4) is 0 Å². The summed E-state index contributed by atoms with van der Waals surface area (Å²) in [7, 11) is -3.65. The first-order chi connectivity index (χ1) is 13.1. The van der Waals surface area contributed by atoms with Crippen molar-refractivity contribution in [2.24, 2.45) is 0 Å². The molecule has 7 heteroatoms. The molecule has 1 aliphatic rings. The van der Waals surface area contributed by atoms with Crippen molar-refractivity contribution in [3.8, 4) is 5.75 Å². The van der Waals surface area contributed by atoms with Gasteiger partial charge in [-0.15, -0.1) is 0 Å². The Morgan fingerprint density at radius 1 is 1.07 bits per heavy atom. The van der Waals surface area contributed by atoms with Gasteiger partial charge in [-0.2, -0.15) is 0 Å². The zero-order valence-electron chi connectivity index (χ0n) is 15.5. The van der Waals surface area contributed by atoms with E-state index < -0.39 is 10.0 Å². The molecule has 6 nitrogen and oxygen atoms in total. The molecule has 1 heterocycles. The minimum Gasteiger partial charge on any atom is -0.494 e. The molecule has 27 heavy (non-hydrogen) atoms. The number of benzene rings is 2. The molecule has 1 N–H and O–H groups in total. The number of morpholine rings is 1. The van der Waals surface area contributed by atoms with Crippen LogP contribution in [-0.2, 0) is 14.8 Å². The number of rotatable bonds is 8. The molecule has 2 aromatic rings. The zero-order chi connectivity index (χ0) is 19.1. The predicted octanol–water partition coefficient (Wildman–Crippen LogP) is 2.44. The van der Waals surface area contributed by atoms with Gasteiger partial charge in [0.15, 0.2) is 0 Å². The van der Waals surface area contributed by atoms with Crippen LogP contribution in [0.1, 0.15) is 18.5 Å². The number of hydrogen-bond donors (Lipinski definition) is 1. The van der Waals surface area contributed by atoms with Crippen molar-refractivity contribution in [2.45, 2.75) is 17.9 Å². The van der Waals surface area contributed by atoms with E-state index in [1.807, 2.05) is 37.3 Å². The van der Waals surface area contributed by atoms with E-state index >= 15 is 0 Å². The second kappa shape index (κ2) is 9.32. The summed E-state index contributed by atoms with van der Waals surface area (Å²) in [4.78, 5) is 2.45. The average molecular weight is 391 g/mol. The molecular formula is C20H26N2O4S. The van der Waals surface area contributed by atoms with Gasteiger partial charge in [-0.05, 0) is 36.8 Å². The van der Waals surface area contributed by atoms with Crippen LogP contribution in [-0.4, -0.2) is 52.8 Å². The summed E-state index contributed by atoms with van der Waals surface area (Å²) in [6.45, 7) is 5.98. The normalized spacial score (nSPS) is 16.8. The van der Waals surface area contributed by atoms with Gasteiger partial charge in [0.1, 0.15) is 5.75 Å². The third-order valence-electron chi connectivity index (χ3n) is 4.49. The van der Waals surface area contributed by atoms with Crippen molar-refractivity contribution < 1.29 is 17.9 Å². The molecule has 0 saturated carbocycles. The lowest BCUT2D eigenvalue weighted by Gasteiger charge is -2.31. The Morgan fingerprint density at radius 2 is 1.74 bits per heavy atom. The van der Waals surface area contributed by atoms with Crippen LogP contribution < -0.4 is 9.46 Å². The van der Waals surface area contributed by atoms with Gasteiger partial charge in [0.2, 0.25) is 10.0 Å². The highest BCUT2D eigenvalue weighted by molar-refractivity contribution is 7.89. The molecule has 1 fully saturated rings. The number of nitrogens with zero attached hydrogens (tertiary/aromatic N) is 1. The molecule has 0 radical (unpaired) electrons. The molecule has 0 bridgehead atoms. The maximum atomic E-state index is 12.9. The Balaban J connectivity index is 1.79. The summed E-state index contributed by atoms with van der Waals surface area (Å²) in [5, 5.41) is 0. The molecule has 1 atom stereocenters. The van der Waals surface area contributed by atoms with Crippen LogP contribution in [0.25, 0.3) is 0 Å². The smallest absolute Gasteiger partial charge is 0.241 e. The Morgan fingerprint density at radius 3 is 2.37 bits per heavy atom. The minimum absolute atomic E-state index is 0.230. The average Bonchev–Trinajstić information content (AvgIpc) is 2.69. The quantitative estimate of drug-likeness (QED) is 0.750. The molecule has 0 spiro atoms. The van der Waals surface area contributed by atoms with Gasteiger partial charge in [0.05, 0.1) is 30.8 Å². The summed E-state index contributed by atoms with van der Waals surface area (Å²) in [6, 6.07) is 15.8. The molecule has 1 aliphatic heterocycles. The third kappa shape index (κ3) is 5.52. The molecule has 1 saturated heterocycles. The maximum absolute atomic E-state index is 12.9. The Kier molecular flexibility index (Phi) is 6.84. The number of sulfonamides is 1. The Labute approximate surface area is 161 Å². The zero-order valence-corrected chi connectivity index (χ0v) is 16.3. The molecule has 0 aliphatic carbocycles. The third-order valence-corrected chi connectivity index (χ3v) is 5.98. The number of ether oxygens (including phenoxy) is 2. The van der Waals surface area contributed by atoms with Gasteiger partial charge in [-0.1, -0.05) is 30.3 Å². The van der Waals surface area contributed by atoms with E-state index in [0.717, 1.165) is 18.7 Å². The van der Waals surface area contributed by atoms with Crippen LogP contribution in [0, 0.1) is 0 Å². The van der Waals surface area contributed by atoms with Crippen molar-refractivity contribution in [2.75, 3.05) is 39.5 Å². The van der Waals surface area contributed by atoms with Crippen molar-refractivity contribution in [3.05, 3.63) is 60.2 Å². The van der Waals surface area contributed by atoms with Crippen molar-refractivity contribution in [1.29, 1.82) is 0 Å². The van der Waals surface area contributed by atoms with E-state index in [1.165, 1.54) is 0 Å².